The van der Waals surface area contributed by atoms with E-state index in [2.05, 4.69) is 5.11 Å². The number of hydrogen-bond donors (Lipinski definition) is 2. The largest absolute Gasteiger partial charge is 0.384 e. The van der Waals surface area contributed by atoms with Crippen LogP contribution in [-0.4, -0.2) is 5.84 Å². The molecule has 1 radical (unpaired) electrons. The van der Waals surface area contributed by atoms with Crippen LogP contribution in [0.25, 0.3) is 0 Å². The molecular formula is C7H7N4. The predicted molar refractivity (Wildman–Crippen MR) is 41.7 cm³/mol. The minimum atomic E-state index is 0.00879. The second kappa shape index (κ2) is 2.92. The van der Waals surface area contributed by atoms with Gasteiger partial charge >= 0.3 is 0 Å². The van der Waals surface area contributed by atoms with E-state index in [1.165, 1.54) is 0 Å². The van der Waals surface area contributed by atoms with Crippen LogP contribution in [0.1, 0.15) is 5.56 Å². The molecule has 1 rings (SSSR count). The second-order valence-electron chi connectivity index (χ2n) is 2.06. The molecule has 1 aromatic rings. The van der Waals surface area contributed by atoms with E-state index in [1.54, 1.807) is 24.3 Å². The predicted octanol–water partition coefficient (Wildman–Crippen LogP) is 0.854. The summed E-state index contributed by atoms with van der Waals surface area (Å²) in [6.07, 6.45) is 0. The third-order valence-electron chi connectivity index (χ3n) is 1.29. The number of nitrogens with two attached hydrogens (primary N) is 1. The third-order valence-corrected chi connectivity index (χ3v) is 1.29. The number of hydrogen-bond acceptors (Lipinski definition) is 2. The first-order valence-corrected chi connectivity index (χ1v) is 3.03. The average molecular weight is 147 g/mol. The first kappa shape index (κ1) is 7.40. The molecule has 0 aliphatic rings. The number of rotatable bonds is 2. The van der Waals surface area contributed by atoms with Gasteiger partial charge in [-0.3, -0.25) is 5.41 Å². The van der Waals surface area contributed by atoms with Gasteiger partial charge in [0.05, 0.1) is 5.69 Å². The van der Waals surface area contributed by atoms with Gasteiger partial charge in [0.1, 0.15) is 5.84 Å². The molecule has 0 bridgehead atoms. The molecule has 0 spiro atoms. The number of nitrogens with zero attached hydrogens (tertiary/aromatic N) is 2. The van der Waals surface area contributed by atoms with E-state index in [9.17, 15) is 0 Å². The smallest absolute Gasteiger partial charge is 0.122 e. The molecule has 0 amide bonds. The van der Waals surface area contributed by atoms with Crippen molar-refractivity contribution in [3.05, 3.63) is 29.8 Å². The Hall–Kier alpha value is -1.71. The van der Waals surface area contributed by atoms with Gasteiger partial charge in [0.2, 0.25) is 0 Å². The van der Waals surface area contributed by atoms with E-state index >= 15 is 0 Å². The highest BCUT2D eigenvalue weighted by Gasteiger charge is 1.94. The monoisotopic (exact) mass is 147 g/mol. The van der Waals surface area contributed by atoms with Crippen LogP contribution in [0, 0.1) is 5.41 Å². The van der Waals surface area contributed by atoms with Gasteiger partial charge < -0.3 is 5.73 Å². The van der Waals surface area contributed by atoms with Crippen molar-refractivity contribution >= 4 is 11.5 Å². The minimum absolute atomic E-state index is 0.00879. The molecule has 0 saturated carbocycles. The maximum Gasteiger partial charge on any atom is 0.122 e. The van der Waals surface area contributed by atoms with Gasteiger partial charge in [0.15, 0.2) is 0 Å². The molecule has 0 heterocycles. The van der Waals surface area contributed by atoms with Gasteiger partial charge in [-0.2, -0.15) is 0 Å². The van der Waals surface area contributed by atoms with Gasteiger partial charge in [-0.1, -0.05) is 0 Å². The summed E-state index contributed by atoms with van der Waals surface area (Å²) >= 11 is 0. The van der Waals surface area contributed by atoms with E-state index in [1.807, 2.05) is 0 Å². The third kappa shape index (κ3) is 1.61. The molecule has 1 aromatic carbocycles. The highest BCUT2D eigenvalue weighted by molar-refractivity contribution is 5.95. The summed E-state index contributed by atoms with van der Waals surface area (Å²) in [7, 11) is 0. The lowest BCUT2D eigenvalue weighted by atomic mass is 10.2. The maximum absolute atomic E-state index is 8.31. The van der Waals surface area contributed by atoms with Crippen LogP contribution in [0.5, 0.6) is 0 Å². The fourth-order valence-electron chi connectivity index (χ4n) is 0.708. The number of nitrogens with one attached hydrogen (secondary N) is 1. The molecular weight excluding hydrogens is 140 g/mol. The van der Waals surface area contributed by atoms with Crippen molar-refractivity contribution in [3.8, 4) is 0 Å². The summed E-state index contributed by atoms with van der Waals surface area (Å²) < 4.78 is 0. The fraction of sp³-hybridized carbons (Fsp3) is 0. The Morgan fingerprint density at radius 1 is 1.36 bits per heavy atom. The molecule has 3 N–H and O–H groups in total. The van der Waals surface area contributed by atoms with Crippen LogP contribution >= 0.6 is 0 Å². The molecule has 0 unspecified atom stereocenters. The normalized spacial score (nSPS) is 9.09. The Bertz CT molecular complexity index is 275. The fourth-order valence-corrected chi connectivity index (χ4v) is 0.708. The number of nitrogen functional groups attached to an aromatic ring is 1. The SMILES string of the molecule is [N]=Nc1ccc(C(=N)N)cc1. The number of amidine groups is 1. The highest BCUT2D eigenvalue weighted by Crippen LogP contribution is 2.10. The van der Waals surface area contributed by atoms with Crippen molar-refractivity contribution in [1.82, 2.24) is 5.53 Å². The van der Waals surface area contributed by atoms with Crippen molar-refractivity contribution in [3.63, 3.8) is 0 Å². The number of benzene rings is 1. The Morgan fingerprint density at radius 3 is 2.27 bits per heavy atom. The summed E-state index contributed by atoms with van der Waals surface area (Å²) in [5, 5.41) is 10.0. The Morgan fingerprint density at radius 2 is 1.91 bits per heavy atom. The Labute approximate surface area is 64.1 Å². The zero-order chi connectivity index (χ0) is 8.27. The quantitative estimate of drug-likeness (QED) is 0.363. The first-order chi connectivity index (χ1) is 5.24. The average Bonchev–Trinajstić information content (AvgIpc) is 2.05. The van der Waals surface area contributed by atoms with Crippen molar-refractivity contribution in [2.75, 3.05) is 0 Å². The van der Waals surface area contributed by atoms with Crippen LogP contribution in [-0.2, 0) is 0 Å². The molecule has 55 valence electrons. The molecule has 0 aliphatic heterocycles. The molecule has 0 atom stereocenters. The molecule has 0 aromatic heterocycles. The zero-order valence-corrected chi connectivity index (χ0v) is 5.78. The lowest BCUT2D eigenvalue weighted by Crippen LogP contribution is -2.10. The summed E-state index contributed by atoms with van der Waals surface area (Å²) in [6, 6.07) is 6.40. The lowest BCUT2D eigenvalue weighted by molar-refractivity contribution is 1.30. The Balaban J connectivity index is 3.00. The van der Waals surface area contributed by atoms with Gasteiger partial charge in [0, 0.05) is 5.56 Å². The minimum Gasteiger partial charge on any atom is -0.384 e. The molecule has 11 heavy (non-hydrogen) atoms. The van der Waals surface area contributed by atoms with Gasteiger partial charge in [-0.05, 0) is 29.8 Å². The maximum atomic E-state index is 8.31. The van der Waals surface area contributed by atoms with Crippen molar-refractivity contribution < 1.29 is 0 Å². The van der Waals surface area contributed by atoms with E-state index in [4.69, 9.17) is 16.7 Å². The van der Waals surface area contributed by atoms with Gasteiger partial charge in [0.25, 0.3) is 0 Å². The summed E-state index contributed by atoms with van der Waals surface area (Å²) in [5.41, 5.74) is 14.6. The Kier molecular flexibility index (Phi) is 1.96. The van der Waals surface area contributed by atoms with Crippen LogP contribution in [0.4, 0.5) is 5.69 Å². The standard InChI is InChI=1S/C7H7N4/c8-7(9)5-1-3-6(11-10)4-2-5/h1-4H,(H3,8,9). The van der Waals surface area contributed by atoms with E-state index in [-0.39, 0.29) is 5.84 Å². The van der Waals surface area contributed by atoms with Gasteiger partial charge in [-0.25, -0.2) is 0 Å². The van der Waals surface area contributed by atoms with Crippen molar-refractivity contribution in [1.29, 1.82) is 5.41 Å². The van der Waals surface area contributed by atoms with Gasteiger partial charge in [-0.15, -0.1) is 5.11 Å². The van der Waals surface area contributed by atoms with Crippen LogP contribution in [0.15, 0.2) is 29.4 Å². The molecule has 4 nitrogen and oxygen atoms in total. The van der Waals surface area contributed by atoms with E-state index in [0.29, 0.717) is 11.3 Å². The summed E-state index contributed by atoms with van der Waals surface area (Å²) in [6.45, 7) is 0. The first-order valence-electron chi connectivity index (χ1n) is 3.03. The zero-order valence-electron chi connectivity index (χ0n) is 5.78. The summed E-state index contributed by atoms with van der Waals surface area (Å²) in [5.74, 6) is 0.00879. The summed E-state index contributed by atoms with van der Waals surface area (Å²) in [4.78, 5) is 0. The molecule has 0 fully saturated rings. The van der Waals surface area contributed by atoms with E-state index in [0.717, 1.165) is 0 Å². The topological polar surface area (TPSA) is 84.5 Å². The second-order valence-corrected chi connectivity index (χ2v) is 2.06. The van der Waals surface area contributed by atoms with Crippen molar-refractivity contribution in [2.45, 2.75) is 0 Å². The van der Waals surface area contributed by atoms with Crippen LogP contribution in [0.3, 0.4) is 0 Å². The van der Waals surface area contributed by atoms with Crippen LogP contribution in [0.2, 0.25) is 0 Å². The highest BCUT2D eigenvalue weighted by atomic mass is 15.0. The van der Waals surface area contributed by atoms with E-state index < -0.39 is 0 Å². The molecule has 4 heteroatoms. The van der Waals surface area contributed by atoms with Crippen LogP contribution < -0.4 is 11.3 Å². The lowest BCUT2D eigenvalue weighted by Gasteiger charge is -1.95. The molecule has 0 aliphatic carbocycles. The molecule has 0 saturated heterocycles. The van der Waals surface area contributed by atoms with Crippen molar-refractivity contribution in [2.24, 2.45) is 10.8 Å².